The first-order valence-corrected chi connectivity index (χ1v) is 12.3. The van der Waals surface area contributed by atoms with Crippen molar-refractivity contribution in [3.8, 4) is 0 Å². The average molecular weight is 483 g/mol. The fourth-order valence-corrected chi connectivity index (χ4v) is 5.03. The summed E-state index contributed by atoms with van der Waals surface area (Å²) in [5.74, 6) is -2.52. The number of nitrogens with one attached hydrogen (secondary N) is 1. The summed E-state index contributed by atoms with van der Waals surface area (Å²) in [5, 5.41) is 21.1. The molecule has 0 spiro atoms. The SMILES string of the molecule is CCOC(=O)C1C(O)=C(C=NCCN2CCN(CCO)CC2)C(=O)CC1c1cccc2[nH]ccc12. The van der Waals surface area contributed by atoms with Gasteiger partial charge in [0, 0.05) is 74.9 Å². The summed E-state index contributed by atoms with van der Waals surface area (Å²) in [5.41, 5.74) is 1.83. The van der Waals surface area contributed by atoms with Crippen molar-refractivity contribution in [2.45, 2.75) is 19.3 Å². The minimum absolute atomic E-state index is 0.0893. The second kappa shape index (κ2) is 11.6. The number of esters is 1. The number of β-amino-alcohol motifs (C(OH)–C–C–N with tert-alkyl or cyclic N) is 1. The van der Waals surface area contributed by atoms with E-state index in [1.165, 1.54) is 6.21 Å². The average Bonchev–Trinajstić information content (AvgIpc) is 3.33. The number of ether oxygens (including phenoxy) is 1. The Labute approximate surface area is 205 Å². The molecule has 1 aliphatic carbocycles. The molecule has 35 heavy (non-hydrogen) atoms. The first-order valence-electron chi connectivity index (χ1n) is 12.3. The second-order valence-electron chi connectivity index (χ2n) is 8.99. The van der Waals surface area contributed by atoms with Gasteiger partial charge in [-0.1, -0.05) is 12.1 Å². The molecule has 2 heterocycles. The second-order valence-corrected chi connectivity index (χ2v) is 8.99. The monoisotopic (exact) mass is 482 g/mol. The number of rotatable bonds is 9. The van der Waals surface area contributed by atoms with Crippen LogP contribution in [0.2, 0.25) is 0 Å². The number of aliphatic hydroxyl groups excluding tert-OH is 2. The van der Waals surface area contributed by atoms with Crippen LogP contribution < -0.4 is 0 Å². The first-order chi connectivity index (χ1) is 17.0. The molecular weight excluding hydrogens is 448 g/mol. The molecule has 9 nitrogen and oxygen atoms in total. The smallest absolute Gasteiger partial charge is 0.317 e. The van der Waals surface area contributed by atoms with Crippen molar-refractivity contribution in [1.29, 1.82) is 0 Å². The molecule has 1 aromatic heterocycles. The molecule has 1 saturated heterocycles. The number of hydrogen-bond acceptors (Lipinski definition) is 8. The minimum Gasteiger partial charge on any atom is -0.511 e. The summed E-state index contributed by atoms with van der Waals surface area (Å²) in [4.78, 5) is 38.1. The van der Waals surface area contributed by atoms with Crippen LogP contribution in [0.4, 0.5) is 0 Å². The standard InChI is InChI=1S/C26H34N4O5/c1-2-35-26(34)24-20(18-4-3-5-22-19(18)6-7-28-22)16-23(32)21(25(24)33)17-27-8-9-29-10-12-30(13-11-29)14-15-31/h3-7,17,20,24,28,31,33H,2,8-16H2,1H3. The lowest BCUT2D eigenvalue weighted by Gasteiger charge is -2.33. The fourth-order valence-electron chi connectivity index (χ4n) is 5.03. The molecule has 0 amide bonds. The van der Waals surface area contributed by atoms with E-state index in [0.29, 0.717) is 13.1 Å². The molecule has 0 bridgehead atoms. The number of aromatic amines is 1. The zero-order valence-electron chi connectivity index (χ0n) is 20.2. The Hall–Kier alpha value is -3.01. The van der Waals surface area contributed by atoms with E-state index in [1.807, 2.05) is 30.5 Å². The zero-order valence-corrected chi connectivity index (χ0v) is 20.2. The highest BCUT2D eigenvalue weighted by molar-refractivity contribution is 6.15. The highest BCUT2D eigenvalue weighted by atomic mass is 16.5. The van der Waals surface area contributed by atoms with Crippen molar-refractivity contribution in [3.63, 3.8) is 0 Å². The fraction of sp³-hybridized carbons (Fsp3) is 0.500. The molecule has 3 N–H and O–H groups in total. The van der Waals surface area contributed by atoms with Crippen molar-refractivity contribution in [3.05, 3.63) is 47.4 Å². The van der Waals surface area contributed by atoms with E-state index < -0.39 is 17.8 Å². The molecule has 188 valence electrons. The predicted molar refractivity (Wildman–Crippen MR) is 134 cm³/mol. The molecular formula is C26H34N4O5. The van der Waals surface area contributed by atoms with Crippen molar-refractivity contribution >= 4 is 28.9 Å². The maximum atomic E-state index is 13.1. The van der Waals surface area contributed by atoms with Crippen LogP contribution in [0.3, 0.4) is 0 Å². The lowest BCUT2D eigenvalue weighted by molar-refractivity contribution is -0.148. The number of ketones is 1. The number of allylic oxidation sites excluding steroid dienone is 1. The molecule has 2 aromatic rings. The largest absolute Gasteiger partial charge is 0.511 e. The lowest BCUT2D eigenvalue weighted by atomic mass is 9.74. The molecule has 0 radical (unpaired) electrons. The Bertz CT molecular complexity index is 1100. The van der Waals surface area contributed by atoms with Gasteiger partial charge in [-0.05, 0) is 24.6 Å². The normalized spacial score (nSPS) is 22.4. The molecule has 2 unspecified atom stereocenters. The molecule has 2 atom stereocenters. The summed E-state index contributed by atoms with van der Waals surface area (Å²) in [6.07, 6.45) is 3.32. The van der Waals surface area contributed by atoms with Gasteiger partial charge in [0.2, 0.25) is 0 Å². The Morgan fingerprint density at radius 3 is 2.66 bits per heavy atom. The van der Waals surface area contributed by atoms with Gasteiger partial charge in [-0.2, -0.15) is 0 Å². The number of Topliss-reactive ketones (excluding diaryl/α,β-unsaturated/α-hetero) is 1. The van der Waals surface area contributed by atoms with E-state index in [9.17, 15) is 14.7 Å². The van der Waals surface area contributed by atoms with Gasteiger partial charge in [0.25, 0.3) is 0 Å². The third-order valence-corrected chi connectivity index (χ3v) is 6.89. The zero-order chi connectivity index (χ0) is 24.8. The number of aliphatic imine (C=N–C) groups is 1. The van der Waals surface area contributed by atoms with Crippen molar-refractivity contribution in [2.75, 3.05) is 59.0 Å². The van der Waals surface area contributed by atoms with Gasteiger partial charge in [-0.15, -0.1) is 0 Å². The number of benzene rings is 1. The number of carbonyl (C=O) groups excluding carboxylic acids is 2. The van der Waals surface area contributed by atoms with Crippen LogP contribution in [0.5, 0.6) is 0 Å². The van der Waals surface area contributed by atoms with Crippen LogP contribution in [0, 0.1) is 5.92 Å². The van der Waals surface area contributed by atoms with Crippen molar-refractivity contribution < 1.29 is 24.5 Å². The topological polar surface area (TPSA) is 118 Å². The van der Waals surface area contributed by atoms with E-state index in [1.54, 1.807) is 6.92 Å². The number of hydrogen-bond donors (Lipinski definition) is 3. The van der Waals surface area contributed by atoms with Crippen molar-refractivity contribution in [1.82, 2.24) is 14.8 Å². The van der Waals surface area contributed by atoms with Crippen LogP contribution in [0.1, 0.15) is 24.8 Å². The van der Waals surface area contributed by atoms with Crippen LogP contribution in [-0.4, -0.2) is 102 Å². The Balaban J connectivity index is 1.50. The highest BCUT2D eigenvalue weighted by Crippen LogP contribution is 2.41. The van der Waals surface area contributed by atoms with E-state index in [4.69, 9.17) is 9.84 Å². The van der Waals surface area contributed by atoms with Crippen LogP contribution in [0.15, 0.2) is 46.8 Å². The number of aromatic nitrogens is 1. The lowest BCUT2D eigenvalue weighted by Crippen LogP contribution is -2.47. The number of carbonyl (C=O) groups is 2. The summed E-state index contributed by atoms with van der Waals surface area (Å²) < 4.78 is 5.29. The van der Waals surface area contributed by atoms with E-state index in [0.717, 1.165) is 49.2 Å². The van der Waals surface area contributed by atoms with Gasteiger partial charge < -0.3 is 19.9 Å². The Morgan fingerprint density at radius 2 is 1.94 bits per heavy atom. The first kappa shape index (κ1) is 25.1. The maximum absolute atomic E-state index is 13.1. The summed E-state index contributed by atoms with van der Waals surface area (Å²) >= 11 is 0. The minimum atomic E-state index is -0.964. The third-order valence-electron chi connectivity index (χ3n) is 6.89. The summed E-state index contributed by atoms with van der Waals surface area (Å²) in [6, 6.07) is 7.62. The molecule has 1 aromatic carbocycles. The summed E-state index contributed by atoms with van der Waals surface area (Å²) in [6.45, 7) is 7.63. The van der Waals surface area contributed by atoms with Crippen LogP contribution in [0.25, 0.3) is 10.9 Å². The maximum Gasteiger partial charge on any atom is 0.317 e. The number of aliphatic hydroxyl groups is 2. The molecule has 0 saturated carbocycles. The number of fused-ring (bicyclic) bond motifs is 1. The Morgan fingerprint density at radius 1 is 1.20 bits per heavy atom. The Kier molecular flexibility index (Phi) is 8.33. The van der Waals surface area contributed by atoms with Crippen LogP contribution >= 0.6 is 0 Å². The van der Waals surface area contributed by atoms with Gasteiger partial charge in [-0.25, -0.2) is 0 Å². The summed E-state index contributed by atoms with van der Waals surface area (Å²) in [7, 11) is 0. The molecule has 9 heteroatoms. The third kappa shape index (κ3) is 5.63. The van der Waals surface area contributed by atoms with E-state index >= 15 is 0 Å². The molecule has 4 rings (SSSR count). The van der Waals surface area contributed by atoms with Gasteiger partial charge >= 0.3 is 5.97 Å². The highest BCUT2D eigenvalue weighted by Gasteiger charge is 2.42. The van der Waals surface area contributed by atoms with E-state index in [2.05, 4.69) is 19.8 Å². The van der Waals surface area contributed by atoms with E-state index in [-0.39, 0.29) is 36.8 Å². The quantitative estimate of drug-likeness (QED) is 0.369. The number of piperazine rings is 1. The molecule has 2 aliphatic rings. The number of H-pyrrole nitrogens is 1. The van der Waals surface area contributed by atoms with Gasteiger partial charge in [-0.3, -0.25) is 24.4 Å². The molecule has 1 fully saturated rings. The van der Waals surface area contributed by atoms with Gasteiger partial charge in [0.1, 0.15) is 11.7 Å². The van der Waals surface area contributed by atoms with Gasteiger partial charge in [0.15, 0.2) is 5.78 Å². The predicted octanol–water partition coefficient (Wildman–Crippen LogP) is 1.90. The van der Waals surface area contributed by atoms with Crippen LogP contribution in [-0.2, 0) is 14.3 Å². The van der Waals surface area contributed by atoms with Gasteiger partial charge in [0.05, 0.1) is 25.3 Å². The van der Waals surface area contributed by atoms with Crippen molar-refractivity contribution in [2.24, 2.45) is 10.9 Å². The molecule has 1 aliphatic heterocycles. The number of nitrogens with zero attached hydrogens (tertiary/aromatic N) is 3.